The second-order valence-electron chi connectivity index (χ2n) is 8.46. The predicted octanol–water partition coefficient (Wildman–Crippen LogP) is 8.43. The molecule has 0 unspecified atom stereocenters. The number of carbonyl (C=O) groups excluding carboxylic acids is 1. The fourth-order valence-electron chi connectivity index (χ4n) is 3.90. The van der Waals surface area contributed by atoms with E-state index in [-0.39, 0.29) is 25.0 Å². The first-order valence-electron chi connectivity index (χ1n) is 11.6. The third-order valence-electron chi connectivity index (χ3n) is 5.83. The summed E-state index contributed by atoms with van der Waals surface area (Å²) in [6.45, 7) is 0.513. The maximum atomic E-state index is 12.3. The van der Waals surface area contributed by atoms with E-state index in [0.29, 0.717) is 27.3 Å². The lowest BCUT2D eigenvalue weighted by molar-refractivity contribution is -0.137. The molecular formula is C29H23Cl3N2O3. The lowest BCUT2D eigenvalue weighted by Crippen LogP contribution is -2.04. The Labute approximate surface area is 230 Å². The fraction of sp³-hybridized carbons (Fsp3) is 0.138. The van der Waals surface area contributed by atoms with Crippen LogP contribution in [0.1, 0.15) is 35.3 Å². The zero-order chi connectivity index (χ0) is 26.4. The number of Topliss-reactive ketones (excluding diaryl/α,β-unsaturated/α-hetero) is 1. The molecule has 0 spiro atoms. The first kappa shape index (κ1) is 26.7. The van der Waals surface area contributed by atoms with Crippen molar-refractivity contribution in [3.63, 3.8) is 0 Å². The monoisotopic (exact) mass is 552 g/mol. The second kappa shape index (κ2) is 12.2. The van der Waals surface area contributed by atoms with E-state index in [4.69, 9.17) is 39.9 Å². The molecule has 37 heavy (non-hydrogen) atoms. The molecule has 8 heteroatoms. The summed E-state index contributed by atoms with van der Waals surface area (Å²) in [7, 11) is 0. The number of carboxylic acid groups (broad SMARTS) is 1. The Morgan fingerprint density at radius 3 is 2.19 bits per heavy atom. The smallest absolute Gasteiger partial charge is 0.303 e. The highest BCUT2D eigenvalue weighted by Gasteiger charge is 2.12. The molecule has 188 valence electrons. The Balaban J connectivity index is 1.48. The molecule has 0 fully saturated rings. The van der Waals surface area contributed by atoms with Crippen LogP contribution in [0.25, 0.3) is 22.3 Å². The Kier molecular flexibility index (Phi) is 8.82. The van der Waals surface area contributed by atoms with E-state index in [9.17, 15) is 9.59 Å². The van der Waals surface area contributed by atoms with Crippen LogP contribution in [0.4, 0.5) is 5.69 Å². The van der Waals surface area contributed by atoms with Crippen LogP contribution in [-0.2, 0) is 11.3 Å². The Hall–Kier alpha value is -3.38. The molecule has 5 nitrogen and oxygen atoms in total. The molecule has 0 aliphatic carbocycles. The summed E-state index contributed by atoms with van der Waals surface area (Å²) in [4.78, 5) is 27.3. The van der Waals surface area contributed by atoms with Gasteiger partial charge in [0.1, 0.15) is 5.69 Å². The van der Waals surface area contributed by atoms with E-state index in [1.54, 1.807) is 12.3 Å². The standard InChI is InChI=1S/C29H23Cl3N2O3/c30-21-8-4-18(5-9-21)24-12-11-23(15-26(24)32)33-16-19-6-10-22(31)14-25(19)20-7-13-27(34-17-20)28(35)2-1-3-29(36)37/h4-15,17,33H,1-3,16H2,(H,36,37). The summed E-state index contributed by atoms with van der Waals surface area (Å²) in [5.74, 6) is -1.10. The van der Waals surface area contributed by atoms with Gasteiger partial charge in [-0.2, -0.15) is 0 Å². The molecule has 0 radical (unpaired) electrons. The molecule has 4 aromatic rings. The highest BCUT2D eigenvalue weighted by Crippen LogP contribution is 2.32. The predicted molar refractivity (Wildman–Crippen MR) is 150 cm³/mol. The molecule has 4 rings (SSSR count). The van der Waals surface area contributed by atoms with Gasteiger partial charge in [0.05, 0.1) is 5.02 Å². The van der Waals surface area contributed by atoms with Crippen molar-refractivity contribution < 1.29 is 14.7 Å². The van der Waals surface area contributed by atoms with Crippen molar-refractivity contribution in [3.8, 4) is 22.3 Å². The molecule has 0 saturated carbocycles. The van der Waals surface area contributed by atoms with Gasteiger partial charge in [-0.3, -0.25) is 14.6 Å². The van der Waals surface area contributed by atoms with Crippen LogP contribution in [0.5, 0.6) is 0 Å². The van der Waals surface area contributed by atoms with Crippen molar-refractivity contribution in [3.05, 3.63) is 105 Å². The zero-order valence-electron chi connectivity index (χ0n) is 19.7. The first-order chi connectivity index (χ1) is 17.8. The van der Waals surface area contributed by atoms with Gasteiger partial charge in [0.15, 0.2) is 5.78 Å². The maximum absolute atomic E-state index is 12.3. The average molecular weight is 554 g/mol. The molecule has 0 amide bonds. The van der Waals surface area contributed by atoms with Gasteiger partial charge in [0, 0.05) is 52.4 Å². The van der Waals surface area contributed by atoms with Gasteiger partial charge in [-0.05, 0) is 65.6 Å². The number of pyridine rings is 1. The molecule has 0 saturated heterocycles. The SMILES string of the molecule is O=C(O)CCCC(=O)c1ccc(-c2cc(Cl)ccc2CNc2ccc(-c3ccc(Cl)cc3)c(Cl)c2)cn1. The number of ketones is 1. The number of benzene rings is 3. The van der Waals surface area contributed by atoms with E-state index in [1.807, 2.05) is 66.7 Å². The van der Waals surface area contributed by atoms with Gasteiger partial charge in [0.2, 0.25) is 0 Å². The van der Waals surface area contributed by atoms with Crippen molar-refractivity contribution >= 4 is 52.2 Å². The molecule has 1 aromatic heterocycles. The summed E-state index contributed by atoms with van der Waals surface area (Å²) in [5, 5.41) is 14.0. The number of anilines is 1. The fourth-order valence-corrected chi connectivity index (χ4v) is 4.49. The van der Waals surface area contributed by atoms with Crippen molar-refractivity contribution in [2.24, 2.45) is 0 Å². The first-order valence-corrected chi connectivity index (χ1v) is 12.7. The van der Waals surface area contributed by atoms with Crippen LogP contribution in [0.2, 0.25) is 15.1 Å². The van der Waals surface area contributed by atoms with E-state index < -0.39 is 5.97 Å². The van der Waals surface area contributed by atoms with E-state index >= 15 is 0 Å². The minimum absolute atomic E-state index is 0.0439. The molecule has 0 atom stereocenters. The summed E-state index contributed by atoms with van der Waals surface area (Å²) < 4.78 is 0. The van der Waals surface area contributed by atoms with Gasteiger partial charge >= 0.3 is 5.97 Å². The Bertz CT molecular complexity index is 1420. The molecule has 0 aliphatic heterocycles. The zero-order valence-corrected chi connectivity index (χ0v) is 21.9. The number of nitrogens with zero attached hydrogens (tertiary/aromatic N) is 1. The van der Waals surface area contributed by atoms with E-state index in [1.165, 1.54) is 0 Å². The summed E-state index contributed by atoms with van der Waals surface area (Å²) in [6.07, 6.45) is 2.02. The minimum Gasteiger partial charge on any atom is -0.481 e. The Morgan fingerprint density at radius 1 is 0.784 bits per heavy atom. The van der Waals surface area contributed by atoms with Crippen molar-refractivity contribution in [2.75, 3.05) is 5.32 Å². The van der Waals surface area contributed by atoms with Crippen molar-refractivity contribution in [1.82, 2.24) is 4.98 Å². The number of halogens is 3. The largest absolute Gasteiger partial charge is 0.481 e. The number of carboxylic acids is 1. The van der Waals surface area contributed by atoms with Crippen LogP contribution in [-0.4, -0.2) is 21.8 Å². The molecule has 1 heterocycles. The number of aliphatic carboxylic acids is 1. The third kappa shape index (κ3) is 7.10. The lowest BCUT2D eigenvalue weighted by Gasteiger charge is -2.14. The van der Waals surface area contributed by atoms with Crippen LogP contribution in [0, 0.1) is 0 Å². The van der Waals surface area contributed by atoms with Gasteiger partial charge < -0.3 is 10.4 Å². The molecule has 2 N–H and O–H groups in total. The van der Waals surface area contributed by atoms with Gasteiger partial charge in [-0.15, -0.1) is 0 Å². The van der Waals surface area contributed by atoms with Crippen LogP contribution < -0.4 is 5.32 Å². The summed E-state index contributed by atoms with van der Waals surface area (Å²) >= 11 is 18.8. The number of hydrogen-bond donors (Lipinski definition) is 2. The molecular weight excluding hydrogens is 531 g/mol. The average Bonchev–Trinajstić information content (AvgIpc) is 2.88. The Morgan fingerprint density at radius 2 is 1.51 bits per heavy atom. The molecule has 0 aliphatic rings. The lowest BCUT2D eigenvalue weighted by atomic mass is 10.00. The molecule has 0 bridgehead atoms. The third-order valence-corrected chi connectivity index (χ3v) is 6.63. The minimum atomic E-state index is -0.919. The van der Waals surface area contributed by atoms with Gasteiger partial charge in [0.25, 0.3) is 0 Å². The summed E-state index contributed by atoms with van der Waals surface area (Å²) in [5.41, 5.74) is 5.77. The van der Waals surface area contributed by atoms with Crippen LogP contribution in [0.3, 0.4) is 0 Å². The normalized spacial score (nSPS) is 10.8. The van der Waals surface area contributed by atoms with Gasteiger partial charge in [-0.25, -0.2) is 0 Å². The second-order valence-corrected chi connectivity index (χ2v) is 9.74. The highest BCUT2D eigenvalue weighted by atomic mass is 35.5. The number of aromatic nitrogens is 1. The summed E-state index contributed by atoms with van der Waals surface area (Å²) in [6, 6.07) is 22.5. The number of hydrogen-bond acceptors (Lipinski definition) is 4. The highest BCUT2D eigenvalue weighted by molar-refractivity contribution is 6.34. The number of nitrogens with one attached hydrogen (secondary N) is 1. The maximum Gasteiger partial charge on any atom is 0.303 e. The van der Waals surface area contributed by atoms with E-state index in [2.05, 4.69) is 10.3 Å². The quantitative estimate of drug-likeness (QED) is 0.193. The van der Waals surface area contributed by atoms with E-state index in [0.717, 1.165) is 33.5 Å². The number of rotatable bonds is 10. The topological polar surface area (TPSA) is 79.3 Å². The number of carbonyl (C=O) groups is 2. The van der Waals surface area contributed by atoms with Crippen molar-refractivity contribution in [2.45, 2.75) is 25.8 Å². The van der Waals surface area contributed by atoms with Crippen LogP contribution >= 0.6 is 34.8 Å². The molecule has 3 aromatic carbocycles. The van der Waals surface area contributed by atoms with Crippen LogP contribution in [0.15, 0.2) is 79.0 Å². The van der Waals surface area contributed by atoms with Gasteiger partial charge in [-0.1, -0.05) is 65.1 Å². The van der Waals surface area contributed by atoms with Crippen molar-refractivity contribution in [1.29, 1.82) is 0 Å².